The van der Waals surface area contributed by atoms with Crippen LogP contribution in [0.1, 0.15) is 5.56 Å². The fourth-order valence-corrected chi connectivity index (χ4v) is 5.20. The second kappa shape index (κ2) is 7.85. The van der Waals surface area contributed by atoms with Gasteiger partial charge in [-0.1, -0.05) is 54.6 Å². The Hall–Kier alpha value is -3.90. The molecule has 2 nitrogen and oxygen atoms in total. The molecule has 0 aliphatic carbocycles. The van der Waals surface area contributed by atoms with Gasteiger partial charge in [0.15, 0.2) is 0 Å². The predicted octanol–water partition coefficient (Wildman–Crippen LogP) is 8.59. The number of fused-ring (bicyclic) bond motifs is 2. The van der Waals surface area contributed by atoms with Crippen LogP contribution in [0.5, 0.6) is 0 Å². The first kappa shape index (κ1) is 20.7. The molecule has 0 aliphatic heterocycles. The van der Waals surface area contributed by atoms with Crippen LogP contribution in [0, 0.1) is 0 Å². The van der Waals surface area contributed by atoms with E-state index in [1.807, 2.05) is 64.5 Å². The number of aromatic nitrogens is 2. The van der Waals surface area contributed by atoms with Gasteiger partial charge in [0.2, 0.25) is 0 Å². The van der Waals surface area contributed by atoms with Crippen molar-refractivity contribution in [3.05, 3.63) is 108 Å². The minimum atomic E-state index is -4.40. The third-order valence-corrected chi connectivity index (χ3v) is 6.90. The van der Waals surface area contributed by atoms with Crippen molar-refractivity contribution in [3.8, 4) is 28.2 Å². The molecular weight excluding hydrogens is 453 g/mol. The topological polar surface area (TPSA) is 17.8 Å². The summed E-state index contributed by atoms with van der Waals surface area (Å²) in [5, 5.41) is 2.44. The maximum absolute atomic E-state index is 13.4. The van der Waals surface area contributed by atoms with Gasteiger partial charge < -0.3 is 0 Å². The van der Waals surface area contributed by atoms with E-state index in [9.17, 15) is 13.2 Å². The van der Waals surface area contributed by atoms with Crippen LogP contribution in [0.15, 0.2) is 102 Å². The Morgan fingerprint density at radius 2 is 1.44 bits per heavy atom. The summed E-state index contributed by atoms with van der Waals surface area (Å²) in [5.74, 6) is 0.624. The number of alkyl halides is 3. The molecule has 6 aromatic rings. The monoisotopic (exact) mass is 470 g/mol. The van der Waals surface area contributed by atoms with E-state index in [1.54, 1.807) is 0 Å². The van der Waals surface area contributed by atoms with E-state index in [1.165, 1.54) is 23.5 Å². The first-order chi connectivity index (χ1) is 16.5. The molecule has 0 saturated heterocycles. The van der Waals surface area contributed by atoms with Gasteiger partial charge >= 0.3 is 6.18 Å². The lowest BCUT2D eigenvalue weighted by atomic mass is 10.1. The number of para-hydroxylation sites is 2. The van der Waals surface area contributed by atoms with Crippen LogP contribution in [-0.2, 0) is 6.18 Å². The van der Waals surface area contributed by atoms with E-state index >= 15 is 0 Å². The summed E-state index contributed by atoms with van der Waals surface area (Å²) in [6.07, 6.45) is -4.40. The SMILES string of the molecule is FC(F)(F)c1ccc2scc(-c3nc4ccccc4n3-c3ccc(-c4ccccc4)cc3)c2c1. The number of thiophene rings is 1. The van der Waals surface area contributed by atoms with E-state index in [0.717, 1.165) is 38.6 Å². The van der Waals surface area contributed by atoms with Crippen LogP contribution in [0.25, 0.3) is 49.3 Å². The van der Waals surface area contributed by atoms with Gasteiger partial charge in [-0.3, -0.25) is 4.57 Å². The van der Waals surface area contributed by atoms with Crippen molar-refractivity contribution in [1.29, 1.82) is 0 Å². The van der Waals surface area contributed by atoms with E-state index in [4.69, 9.17) is 4.98 Å². The van der Waals surface area contributed by atoms with Crippen molar-refractivity contribution >= 4 is 32.5 Å². The Kier molecular flexibility index (Phi) is 4.78. The minimum Gasteiger partial charge on any atom is -0.292 e. The molecule has 0 aliphatic rings. The van der Waals surface area contributed by atoms with Crippen molar-refractivity contribution < 1.29 is 13.2 Å². The van der Waals surface area contributed by atoms with Crippen molar-refractivity contribution in [3.63, 3.8) is 0 Å². The van der Waals surface area contributed by atoms with Crippen LogP contribution >= 0.6 is 11.3 Å². The van der Waals surface area contributed by atoms with Gasteiger partial charge in [-0.2, -0.15) is 13.2 Å². The highest BCUT2D eigenvalue weighted by Gasteiger charge is 2.31. The van der Waals surface area contributed by atoms with E-state index in [2.05, 4.69) is 24.3 Å². The summed E-state index contributed by atoms with van der Waals surface area (Å²) < 4.78 is 43.1. The van der Waals surface area contributed by atoms with Crippen LogP contribution in [0.2, 0.25) is 0 Å². The number of benzene rings is 4. The highest BCUT2D eigenvalue weighted by atomic mass is 32.1. The molecule has 0 radical (unpaired) electrons. The number of hydrogen-bond donors (Lipinski definition) is 0. The number of imidazole rings is 1. The van der Waals surface area contributed by atoms with Gasteiger partial charge in [0.1, 0.15) is 5.82 Å². The molecule has 34 heavy (non-hydrogen) atoms. The predicted molar refractivity (Wildman–Crippen MR) is 132 cm³/mol. The summed E-state index contributed by atoms with van der Waals surface area (Å²) in [6, 6.07) is 29.9. The Bertz CT molecular complexity index is 1630. The lowest BCUT2D eigenvalue weighted by molar-refractivity contribution is -0.137. The van der Waals surface area contributed by atoms with Gasteiger partial charge in [0.05, 0.1) is 16.6 Å². The lowest BCUT2D eigenvalue weighted by Crippen LogP contribution is -2.04. The molecule has 0 spiro atoms. The molecule has 2 heterocycles. The maximum Gasteiger partial charge on any atom is 0.416 e. The first-order valence-corrected chi connectivity index (χ1v) is 11.6. The molecule has 2 aromatic heterocycles. The smallest absolute Gasteiger partial charge is 0.292 e. The highest BCUT2D eigenvalue weighted by Crippen LogP contribution is 2.40. The molecule has 0 unspecified atom stereocenters. The molecule has 0 fully saturated rings. The van der Waals surface area contributed by atoms with Gasteiger partial charge in [-0.25, -0.2) is 4.98 Å². The Morgan fingerprint density at radius 1 is 0.735 bits per heavy atom. The number of halogens is 3. The fraction of sp³-hybridized carbons (Fsp3) is 0.0357. The number of rotatable bonds is 3. The highest BCUT2D eigenvalue weighted by molar-refractivity contribution is 7.17. The molecule has 0 N–H and O–H groups in total. The maximum atomic E-state index is 13.4. The quantitative estimate of drug-likeness (QED) is 0.253. The molecule has 6 rings (SSSR count). The number of nitrogens with zero attached hydrogens (tertiary/aromatic N) is 2. The molecular formula is C28H17F3N2S. The third kappa shape index (κ3) is 3.47. The zero-order valence-corrected chi connectivity index (χ0v) is 18.6. The summed E-state index contributed by atoms with van der Waals surface area (Å²) in [6.45, 7) is 0. The van der Waals surface area contributed by atoms with Crippen molar-refractivity contribution in [2.24, 2.45) is 0 Å². The zero-order valence-electron chi connectivity index (χ0n) is 17.8. The van der Waals surface area contributed by atoms with E-state index in [-0.39, 0.29) is 0 Å². The van der Waals surface area contributed by atoms with Crippen LogP contribution in [0.4, 0.5) is 13.2 Å². The summed E-state index contributed by atoms with van der Waals surface area (Å²) >= 11 is 1.42. The second-order valence-electron chi connectivity index (χ2n) is 8.03. The average Bonchev–Trinajstić information content (AvgIpc) is 3.45. The Balaban J connectivity index is 1.56. The molecule has 166 valence electrons. The zero-order chi connectivity index (χ0) is 23.3. The van der Waals surface area contributed by atoms with Crippen molar-refractivity contribution in [1.82, 2.24) is 9.55 Å². The molecule has 0 saturated carbocycles. The standard InChI is InChI=1S/C28H17F3N2S/c29-28(30,31)20-12-15-26-22(16-20)23(17-34-26)27-32-24-8-4-5-9-25(24)33(27)21-13-10-19(11-14-21)18-6-2-1-3-7-18/h1-17H. The lowest BCUT2D eigenvalue weighted by Gasteiger charge is -2.11. The second-order valence-corrected chi connectivity index (χ2v) is 8.94. The average molecular weight is 471 g/mol. The van der Waals surface area contributed by atoms with Crippen LogP contribution < -0.4 is 0 Å². The normalized spacial score (nSPS) is 12.0. The van der Waals surface area contributed by atoms with Gasteiger partial charge in [0, 0.05) is 26.7 Å². The summed E-state index contributed by atoms with van der Waals surface area (Å²) in [4.78, 5) is 4.84. The van der Waals surface area contributed by atoms with Gasteiger partial charge in [-0.05, 0) is 53.6 Å². The van der Waals surface area contributed by atoms with Gasteiger partial charge in [0.25, 0.3) is 0 Å². The molecule has 0 atom stereocenters. The third-order valence-electron chi connectivity index (χ3n) is 5.94. The van der Waals surface area contributed by atoms with Crippen LogP contribution in [0.3, 0.4) is 0 Å². The number of hydrogen-bond acceptors (Lipinski definition) is 2. The van der Waals surface area contributed by atoms with E-state index < -0.39 is 11.7 Å². The molecule has 0 bridgehead atoms. The fourth-order valence-electron chi connectivity index (χ4n) is 4.28. The van der Waals surface area contributed by atoms with Crippen LogP contribution in [-0.4, -0.2) is 9.55 Å². The largest absolute Gasteiger partial charge is 0.416 e. The van der Waals surface area contributed by atoms with Crippen molar-refractivity contribution in [2.45, 2.75) is 6.18 Å². The van der Waals surface area contributed by atoms with Crippen molar-refractivity contribution in [2.75, 3.05) is 0 Å². The first-order valence-electron chi connectivity index (χ1n) is 10.7. The summed E-state index contributed by atoms with van der Waals surface area (Å²) in [5.41, 5.74) is 4.82. The van der Waals surface area contributed by atoms with Gasteiger partial charge in [-0.15, -0.1) is 11.3 Å². The summed E-state index contributed by atoms with van der Waals surface area (Å²) in [7, 11) is 0. The molecule has 6 heteroatoms. The minimum absolute atomic E-state index is 0.553. The Morgan fingerprint density at radius 3 is 2.21 bits per heavy atom. The molecule has 0 amide bonds. The van der Waals surface area contributed by atoms with E-state index in [0.29, 0.717) is 16.8 Å². The molecule has 4 aromatic carbocycles. The Labute approximate surface area is 197 Å².